The van der Waals surface area contributed by atoms with Crippen LogP contribution in [-0.2, 0) is 9.59 Å². The van der Waals surface area contributed by atoms with Crippen molar-refractivity contribution in [3.05, 3.63) is 0 Å². The summed E-state index contributed by atoms with van der Waals surface area (Å²) in [4.78, 5) is 28.5. The zero-order chi connectivity index (χ0) is 15.5. The second kappa shape index (κ2) is 6.73. The van der Waals surface area contributed by atoms with Crippen molar-refractivity contribution < 1.29 is 9.59 Å². The molecule has 0 atom stereocenters. The molecule has 21 heavy (non-hydrogen) atoms. The van der Waals surface area contributed by atoms with Crippen molar-refractivity contribution in [2.24, 2.45) is 11.1 Å². The molecule has 2 amide bonds. The van der Waals surface area contributed by atoms with Crippen LogP contribution in [0.4, 0.5) is 0 Å². The molecule has 0 bridgehead atoms. The van der Waals surface area contributed by atoms with E-state index in [9.17, 15) is 9.59 Å². The maximum Gasteiger partial charge on any atom is 0.235 e. The SMILES string of the molecule is CC(=O)N1CCCN(C(=O)C2(C(N)=S)CCCCC2)CC1. The van der Waals surface area contributed by atoms with Gasteiger partial charge in [-0.3, -0.25) is 9.59 Å². The first-order valence-corrected chi connectivity index (χ1v) is 8.23. The third kappa shape index (κ3) is 3.36. The van der Waals surface area contributed by atoms with Crippen molar-refractivity contribution in [1.82, 2.24) is 9.80 Å². The summed E-state index contributed by atoms with van der Waals surface area (Å²) in [5.74, 6) is 0.158. The molecule has 1 aliphatic carbocycles. The maximum absolute atomic E-state index is 13.0. The highest BCUT2D eigenvalue weighted by Gasteiger charge is 2.44. The number of nitrogens with two attached hydrogens (primary N) is 1. The van der Waals surface area contributed by atoms with Crippen LogP contribution in [0, 0.1) is 5.41 Å². The van der Waals surface area contributed by atoms with Gasteiger partial charge in [0.25, 0.3) is 0 Å². The van der Waals surface area contributed by atoms with Crippen LogP contribution < -0.4 is 5.73 Å². The summed E-state index contributed by atoms with van der Waals surface area (Å²) in [7, 11) is 0. The predicted molar refractivity (Wildman–Crippen MR) is 85.8 cm³/mol. The number of amides is 2. The van der Waals surface area contributed by atoms with Gasteiger partial charge in [0.1, 0.15) is 0 Å². The zero-order valence-corrected chi connectivity index (χ0v) is 13.6. The molecule has 0 aromatic carbocycles. The third-order valence-corrected chi connectivity index (χ3v) is 5.21. The minimum atomic E-state index is -0.640. The van der Waals surface area contributed by atoms with Crippen LogP contribution >= 0.6 is 12.2 Å². The van der Waals surface area contributed by atoms with E-state index in [1.165, 1.54) is 0 Å². The summed E-state index contributed by atoms with van der Waals surface area (Å²) in [5.41, 5.74) is 5.30. The second-order valence-electron chi connectivity index (χ2n) is 6.16. The molecule has 0 aromatic heterocycles. The number of carbonyl (C=O) groups excluding carboxylic acids is 2. The van der Waals surface area contributed by atoms with Gasteiger partial charge in [-0.15, -0.1) is 0 Å². The zero-order valence-electron chi connectivity index (χ0n) is 12.8. The molecule has 1 aliphatic heterocycles. The van der Waals surface area contributed by atoms with Crippen molar-refractivity contribution in [3.8, 4) is 0 Å². The van der Waals surface area contributed by atoms with Gasteiger partial charge in [0.2, 0.25) is 11.8 Å². The highest BCUT2D eigenvalue weighted by atomic mass is 32.1. The number of carbonyl (C=O) groups is 2. The average Bonchev–Trinajstić information content (AvgIpc) is 2.73. The van der Waals surface area contributed by atoms with Gasteiger partial charge in [-0.25, -0.2) is 0 Å². The summed E-state index contributed by atoms with van der Waals surface area (Å²) in [5, 5.41) is 0. The normalized spacial score (nSPS) is 22.5. The van der Waals surface area contributed by atoms with Gasteiger partial charge in [0.15, 0.2) is 0 Å². The van der Waals surface area contributed by atoms with Gasteiger partial charge in [0, 0.05) is 33.1 Å². The average molecular weight is 311 g/mol. The topological polar surface area (TPSA) is 66.6 Å². The monoisotopic (exact) mass is 311 g/mol. The van der Waals surface area contributed by atoms with Gasteiger partial charge in [-0.2, -0.15) is 0 Å². The van der Waals surface area contributed by atoms with Crippen molar-refractivity contribution >= 4 is 29.0 Å². The molecule has 1 heterocycles. The van der Waals surface area contributed by atoms with E-state index >= 15 is 0 Å². The first kappa shape index (κ1) is 16.2. The van der Waals surface area contributed by atoms with Crippen LogP contribution in [0.15, 0.2) is 0 Å². The fraction of sp³-hybridized carbons (Fsp3) is 0.800. The molecule has 118 valence electrons. The Balaban J connectivity index is 2.10. The van der Waals surface area contributed by atoms with Gasteiger partial charge >= 0.3 is 0 Å². The van der Waals surface area contributed by atoms with Crippen molar-refractivity contribution in [2.45, 2.75) is 45.4 Å². The lowest BCUT2D eigenvalue weighted by Gasteiger charge is -2.38. The highest BCUT2D eigenvalue weighted by molar-refractivity contribution is 7.80. The summed E-state index contributed by atoms with van der Waals surface area (Å²) in [6.07, 6.45) is 5.53. The Morgan fingerprint density at radius 1 is 0.952 bits per heavy atom. The molecular weight excluding hydrogens is 286 g/mol. The molecule has 2 rings (SSSR count). The van der Waals surface area contributed by atoms with Crippen molar-refractivity contribution in [1.29, 1.82) is 0 Å². The van der Waals surface area contributed by atoms with Gasteiger partial charge in [0.05, 0.1) is 10.4 Å². The minimum Gasteiger partial charge on any atom is -0.392 e. The summed E-state index contributed by atoms with van der Waals surface area (Å²) in [6, 6.07) is 0. The Morgan fingerprint density at radius 2 is 1.52 bits per heavy atom. The molecule has 0 radical (unpaired) electrons. The van der Waals surface area contributed by atoms with Gasteiger partial charge < -0.3 is 15.5 Å². The van der Waals surface area contributed by atoms with Gasteiger partial charge in [-0.1, -0.05) is 31.5 Å². The molecular formula is C15H25N3O2S. The van der Waals surface area contributed by atoms with E-state index in [1.807, 2.05) is 9.80 Å². The lowest BCUT2D eigenvalue weighted by atomic mass is 9.73. The van der Waals surface area contributed by atoms with Crippen LogP contribution in [-0.4, -0.2) is 52.8 Å². The number of hydrogen-bond donors (Lipinski definition) is 1. The van der Waals surface area contributed by atoms with E-state index in [0.29, 0.717) is 24.6 Å². The van der Waals surface area contributed by atoms with Crippen LogP contribution in [0.5, 0.6) is 0 Å². The maximum atomic E-state index is 13.0. The first-order chi connectivity index (χ1) is 9.97. The molecule has 2 N–H and O–H groups in total. The molecule has 1 saturated heterocycles. The Labute approximate surface area is 131 Å². The second-order valence-corrected chi connectivity index (χ2v) is 6.60. The third-order valence-electron chi connectivity index (χ3n) is 4.82. The lowest BCUT2D eigenvalue weighted by molar-refractivity contribution is -0.140. The predicted octanol–water partition coefficient (Wildman–Crippen LogP) is 1.30. The number of rotatable bonds is 2. The Kier molecular flexibility index (Phi) is 5.19. The number of nitrogens with zero attached hydrogens (tertiary/aromatic N) is 2. The van der Waals surface area contributed by atoms with E-state index in [1.54, 1.807) is 6.92 Å². The van der Waals surface area contributed by atoms with E-state index in [2.05, 4.69) is 0 Å². The van der Waals surface area contributed by atoms with Crippen LogP contribution in [0.3, 0.4) is 0 Å². The molecule has 0 spiro atoms. The quantitative estimate of drug-likeness (QED) is 0.781. The molecule has 2 fully saturated rings. The molecule has 0 aromatic rings. The Bertz CT molecular complexity index is 433. The van der Waals surface area contributed by atoms with Crippen LogP contribution in [0.25, 0.3) is 0 Å². The minimum absolute atomic E-state index is 0.0750. The lowest BCUT2D eigenvalue weighted by Crippen LogP contribution is -2.52. The Morgan fingerprint density at radius 3 is 2.10 bits per heavy atom. The summed E-state index contributed by atoms with van der Waals surface area (Å²) in [6.45, 7) is 4.18. The first-order valence-electron chi connectivity index (χ1n) is 7.82. The molecule has 6 heteroatoms. The standard InChI is InChI=1S/C15H25N3O2S/c1-12(19)17-8-5-9-18(11-10-17)14(20)15(13(16)21)6-3-2-4-7-15/h2-11H2,1H3,(H2,16,21). The molecule has 0 unspecified atom stereocenters. The van der Waals surface area contributed by atoms with E-state index in [-0.39, 0.29) is 11.8 Å². The fourth-order valence-electron chi connectivity index (χ4n) is 3.46. The van der Waals surface area contributed by atoms with Crippen molar-refractivity contribution in [2.75, 3.05) is 26.2 Å². The van der Waals surface area contributed by atoms with E-state index < -0.39 is 5.41 Å². The van der Waals surface area contributed by atoms with E-state index in [0.717, 1.165) is 45.1 Å². The molecule has 5 nitrogen and oxygen atoms in total. The summed E-state index contributed by atoms with van der Waals surface area (Å²) >= 11 is 5.24. The molecule has 1 saturated carbocycles. The van der Waals surface area contributed by atoms with Crippen molar-refractivity contribution in [3.63, 3.8) is 0 Å². The number of hydrogen-bond acceptors (Lipinski definition) is 3. The fourth-order valence-corrected chi connectivity index (χ4v) is 3.75. The Hall–Kier alpha value is -1.17. The highest BCUT2D eigenvalue weighted by Crippen LogP contribution is 2.38. The van der Waals surface area contributed by atoms with Gasteiger partial charge in [-0.05, 0) is 19.3 Å². The summed E-state index contributed by atoms with van der Waals surface area (Å²) < 4.78 is 0. The van der Waals surface area contributed by atoms with E-state index in [4.69, 9.17) is 18.0 Å². The van der Waals surface area contributed by atoms with Crippen LogP contribution in [0.1, 0.15) is 45.4 Å². The number of thiocarbonyl (C=S) groups is 1. The molecule has 2 aliphatic rings. The van der Waals surface area contributed by atoms with Crippen LogP contribution in [0.2, 0.25) is 0 Å². The largest absolute Gasteiger partial charge is 0.392 e. The smallest absolute Gasteiger partial charge is 0.235 e.